The first-order valence-electron chi connectivity index (χ1n) is 9.97. The molecular weight excluding hydrogens is 352 g/mol. The molecule has 0 radical (unpaired) electrons. The van der Waals surface area contributed by atoms with Crippen LogP contribution in [0.3, 0.4) is 0 Å². The molecule has 7 nitrogen and oxygen atoms in total. The SMILES string of the molecule is Cc1c(C)n(CCCN2CCOCC2)c2ncnc(NCc3ccncc3)c12. The number of morpholine rings is 1. The van der Waals surface area contributed by atoms with E-state index in [0.29, 0.717) is 0 Å². The van der Waals surface area contributed by atoms with Crippen molar-refractivity contribution in [2.45, 2.75) is 33.4 Å². The summed E-state index contributed by atoms with van der Waals surface area (Å²) in [5.41, 5.74) is 4.72. The lowest BCUT2D eigenvalue weighted by Gasteiger charge is -2.26. The number of pyridine rings is 1. The van der Waals surface area contributed by atoms with Crippen molar-refractivity contribution in [2.24, 2.45) is 0 Å². The van der Waals surface area contributed by atoms with Gasteiger partial charge in [0, 0.05) is 50.8 Å². The molecule has 3 aromatic rings. The summed E-state index contributed by atoms with van der Waals surface area (Å²) in [6.45, 7) is 10.9. The number of ether oxygens (including phenoxy) is 1. The Morgan fingerprint density at radius 2 is 1.86 bits per heavy atom. The van der Waals surface area contributed by atoms with E-state index in [1.54, 1.807) is 6.33 Å². The van der Waals surface area contributed by atoms with Crippen molar-refractivity contribution in [1.82, 2.24) is 24.4 Å². The van der Waals surface area contributed by atoms with E-state index in [4.69, 9.17) is 4.74 Å². The molecule has 148 valence electrons. The van der Waals surface area contributed by atoms with Crippen LogP contribution < -0.4 is 5.32 Å². The summed E-state index contributed by atoms with van der Waals surface area (Å²) >= 11 is 0. The molecule has 0 unspecified atom stereocenters. The van der Waals surface area contributed by atoms with Gasteiger partial charge >= 0.3 is 0 Å². The van der Waals surface area contributed by atoms with E-state index < -0.39 is 0 Å². The third-order valence-corrected chi connectivity index (χ3v) is 5.57. The number of hydrogen-bond donors (Lipinski definition) is 1. The molecule has 0 aliphatic carbocycles. The minimum atomic E-state index is 0.718. The third-order valence-electron chi connectivity index (χ3n) is 5.57. The molecule has 0 saturated carbocycles. The normalized spacial score (nSPS) is 15.2. The van der Waals surface area contributed by atoms with Gasteiger partial charge in [-0.3, -0.25) is 9.88 Å². The van der Waals surface area contributed by atoms with Gasteiger partial charge in [-0.05, 0) is 43.5 Å². The van der Waals surface area contributed by atoms with Crippen molar-refractivity contribution in [3.05, 3.63) is 47.7 Å². The van der Waals surface area contributed by atoms with Gasteiger partial charge in [-0.15, -0.1) is 0 Å². The molecule has 1 saturated heterocycles. The van der Waals surface area contributed by atoms with E-state index in [9.17, 15) is 0 Å². The fourth-order valence-corrected chi connectivity index (χ4v) is 3.84. The zero-order valence-electron chi connectivity index (χ0n) is 16.7. The lowest BCUT2D eigenvalue weighted by atomic mass is 10.2. The average Bonchev–Trinajstić information content (AvgIpc) is 2.99. The number of aryl methyl sites for hydroxylation is 2. The molecule has 28 heavy (non-hydrogen) atoms. The van der Waals surface area contributed by atoms with Crippen LogP contribution >= 0.6 is 0 Å². The highest BCUT2D eigenvalue weighted by molar-refractivity contribution is 5.91. The molecule has 0 bridgehead atoms. The third kappa shape index (κ3) is 4.00. The fraction of sp³-hybridized carbons (Fsp3) is 0.476. The van der Waals surface area contributed by atoms with E-state index in [2.05, 4.69) is 43.6 Å². The molecule has 1 fully saturated rings. The first-order valence-corrected chi connectivity index (χ1v) is 9.97. The summed E-state index contributed by atoms with van der Waals surface area (Å²) in [5.74, 6) is 0.898. The number of nitrogens with zero attached hydrogens (tertiary/aromatic N) is 5. The summed E-state index contributed by atoms with van der Waals surface area (Å²) in [5, 5.41) is 4.60. The maximum Gasteiger partial charge on any atom is 0.145 e. The predicted octanol–water partition coefficient (Wildman–Crippen LogP) is 2.78. The van der Waals surface area contributed by atoms with Crippen LogP contribution in [0.15, 0.2) is 30.9 Å². The molecule has 0 amide bonds. The van der Waals surface area contributed by atoms with Gasteiger partial charge in [0.25, 0.3) is 0 Å². The summed E-state index contributed by atoms with van der Waals surface area (Å²) in [6, 6.07) is 4.03. The highest BCUT2D eigenvalue weighted by Crippen LogP contribution is 2.29. The standard InChI is InChI=1S/C21H28N6O/c1-16-17(2)27(9-3-8-26-10-12-28-13-11-26)21-19(16)20(24-15-25-21)23-14-18-4-6-22-7-5-18/h4-7,15H,3,8-14H2,1-2H3,(H,23,24,25). The van der Waals surface area contributed by atoms with Gasteiger partial charge in [-0.1, -0.05) is 0 Å². The number of hydrogen-bond acceptors (Lipinski definition) is 6. The quantitative estimate of drug-likeness (QED) is 0.680. The van der Waals surface area contributed by atoms with Crippen molar-refractivity contribution >= 4 is 16.9 Å². The van der Waals surface area contributed by atoms with Crippen LogP contribution in [-0.2, 0) is 17.8 Å². The molecule has 0 atom stereocenters. The Hall–Kier alpha value is -2.51. The second kappa shape index (κ2) is 8.67. The van der Waals surface area contributed by atoms with E-state index in [1.165, 1.54) is 16.8 Å². The van der Waals surface area contributed by atoms with E-state index in [-0.39, 0.29) is 0 Å². The number of rotatable bonds is 7. The van der Waals surface area contributed by atoms with Gasteiger partial charge in [-0.25, -0.2) is 9.97 Å². The zero-order valence-corrected chi connectivity index (χ0v) is 16.7. The van der Waals surface area contributed by atoms with Crippen molar-refractivity contribution in [3.8, 4) is 0 Å². The molecule has 1 aliphatic heterocycles. The van der Waals surface area contributed by atoms with E-state index in [1.807, 2.05) is 24.5 Å². The summed E-state index contributed by atoms with van der Waals surface area (Å²) < 4.78 is 7.78. The van der Waals surface area contributed by atoms with Gasteiger partial charge in [0.1, 0.15) is 17.8 Å². The molecular formula is C21H28N6O. The monoisotopic (exact) mass is 380 g/mol. The second-order valence-electron chi connectivity index (χ2n) is 7.30. The molecule has 3 aromatic heterocycles. The Morgan fingerprint density at radius 1 is 1.07 bits per heavy atom. The Labute approximate surface area is 165 Å². The Bertz CT molecular complexity index is 918. The molecule has 1 N–H and O–H groups in total. The van der Waals surface area contributed by atoms with Crippen molar-refractivity contribution in [3.63, 3.8) is 0 Å². The lowest BCUT2D eigenvalue weighted by molar-refractivity contribution is 0.0369. The minimum Gasteiger partial charge on any atom is -0.379 e. The van der Waals surface area contributed by atoms with Crippen LogP contribution in [0.2, 0.25) is 0 Å². The maximum atomic E-state index is 5.44. The summed E-state index contributed by atoms with van der Waals surface area (Å²) in [6.07, 6.45) is 6.39. The largest absolute Gasteiger partial charge is 0.379 e. The molecule has 4 heterocycles. The average molecular weight is 380 g/mol. The van der Waals surface area contributed by atoms with E-state index in [0.717, 1.165) is 69.2 Å². The summed E-state index contributed by atoms with van der Waals surface area (Å²) in [7, 11) is 0. The first-order chi connectivity index (χ1) is 13.7. The van der Waals surface area contributed by atoms with Crippen molar-refractivity contribution in [1.29, 1.82) is 0 Å². The molecule has 4 rings (SSSR count). The van der Waals surface area contributed by atoms with Crippen LogP contribution in [0, 0.1) is 13.8 Å². The van der Waals surface area contributed by atoms with Crippen molar-refractivity contribution in [2.75, 3.05) is 38.2 Å². The van der Waals surface area contributed by atoms with Crippen LogP contribution in [0.4, 0.5) is 5.82 Å². The highest BCUT2D eigenvalue weighted by atomic mass is 16.5. The molecule has 0 aromatic carbocycles. The second-order valence-corrected chi connectivity index (χ2v) is 7.30. The van der Waals surface area contributed by atoms with Crippen LogP contribution in [-0.4, -0.2) is 57.3 Å². The lowest BCUT2D eigenvalue weighted by Crippen LogP contribution is -2.37. The Balaban J connectivity index is 1.50. The summed E-state index contributed by atoms with van der Waals surface area (Å²) in [4.78, 5) is 15.7. The van der Waals surface area contributed by atoms with Crippen LogP contribution in [0.5, 0.6) is 0 Å². The van der Waals surface area contributed by atoms with Crippen LogP contribution in [0.25, 0.3) is 11.0 Å². The molecule has 1 aliphatic rings. The van der Waals surface area contributed by atoms with Gasteiger partial charge in [-0.2, -0.15) is 0 Å². The minimum absolute atomic E-state index is 0.718. The topological polar surface area (TPSA) is 68.1 Å². The van der Waals surface area contributed by atoms with Gasteiger partial charge < -0.3 is 14.6 Å². The Morgan fingerprint density at radius 3 is 2.64 bits per heavy atom. The number of anilines is 1. The molecule has 0 spiro atoms. The predicted molar refractivity (Wildman–Crippen MR) is 110 cm³/mol. The smallest absolute Gasteiger partial charge is 0.145 e. The fourth-order valence-electron chi connectivity index (χ4n) is 3.84. The number of aromatic nitrogens is 4. The van der Waals surface area contributed by atoms with Gasteiger partial charge in [0.15, 0.2) is 0 Å². The van der Waals surface area contributed by atoms with Crippen molar-refractivity contribution < 1.29 is 4.74 Å². The van der Waals surface area contributed by atoms with Gasteiger partial charge in [0.2, 0.25) is 0 Å². The van der Waals surface area contributed by atoms with E-state index >= 15 is 0 Å². The number of nitrogens with one attached hydrogen (secondary N) is 1. The maximum absolute atomic E-state index is 5.44. The Kier molecular flexibility index (Phi) is 5.83. The van der Waals surface area contributed by atoms with Crippen LogP contribution in [0.1, 0.15) is 23.2 Å². The molecule has 7 heteroatoms. The highest BCUT2D eigenvalue weighted by Gasteiger charge is 2.17. The zero-order chi connectivity index (χ0) is 19.3. The van der Waals surface area contributed by atoms with Gasteiger partial charge in [0.05, 0.1) is 18.6 Å². The first kappa shape index (κ1) is 18.8. The number of fused-ring (bicyclic) bond motifs is 1.